The van der Waals surface area contributed by atoms with Gasteiger partial charge in [0.25, 0.3) is 0 Å². The van der Waals surface area contributed by atoms with Gasteiger partial charge in [-0.25, -0.2) is 4.98 Å². The van der Waals surface area contributed by atoms with Gasteiger partial charge in [0.15, 0.2) is 0 Å². The predicted octanol–water partition coefficient (Wildman–Crippen LogP) is 1.83. The van der Waals surface area contributed by atoms with Crippen LogP contribution in [0.2, 0.25) is 0 Å². The zero-order valence-corrected chi connectivity index (χ0v) is 12.3. The largest absolute Gasteiger partial charge is 0.363 e. The van der Waals surface area contributed by atoms with Crippen molar-refractivity contribution < 1.29 is 4.79 Å². The van der Waals surface area contributed by atoms with E-state index < -0.39 is 0 Å². The van der Waals surface area contributed by atoms with Crippen LogP contribution in [0.5, 0.6) is 0 Å². The van der Waals surface area contributed by atoms with Crippen LogP contribution in [0, 0.1) is 0 Å². The van der Waals surface area contributed by atoms with Crippen LogP contribution in [0.4, 0.5) is 11.5 Å². The van der Waals surface area contributed by atoms with Crippen LogP contribution in [0.3, 0.4) is 0 Å². The van der Waals surface area contributed by atoms with Gasteiger partial charge in [0.05, 0.1) is 17.8 Å². The molecule has 1 atom stereocenters. The topological polar surface area (TPSA) is 71.2 Å². The van der Waals surface area contributed by atoms with Crippen molar-refractivity contribution in [3.05, 3.63) is 54.2 Å². The summed E-state index contributed by atoms with van der Waals surface area (Å²) in [6.45, 7) is 0.263. The summed E-state index contributed by atoms with van der Waals surface area (Å²) in [6.07, 6.45) is 1.64. The van der Waals surface area contributed by atoms with Crippen LogP contribution in [0.15, 0.2) is 48.7 Å². The Morgan fingerprint density at radius 3 is 2.48 bits per heavy atom. The molecule has 0 spiro atoms. The Morgan fingerprint density at radius 2 is 1.95 bits per heavy atom. The van der Waals surface area contributed by atoms with E-state index in [0.717, 1.165) is 11.4 Å². The third-order valence-corrected chi connectivity index (χ3v) is 3.23. The van der Waals surface area contributed by atoms with Crippen molar-refractivity contribution in [2.45, 2.75) is 5.92 Å². The first-order chi connectivity index (χ1) is 10.1. The van der Waals surface area contributed by atoms with Gasteiger partial charge in [-0.15, -0.1) is 0 Å². The Hall–Kier alpha value is -2.40. The van der Waals surface area contributed by atoms with Crippen LogP contribution < -0.4 is 16.0 Å². The van der Waals surface area contributed by atoms with Crippen LogP contribution >= 0.6 is 0 Å². The summed E-state index contributed by atoms with van der Waals surface area (Å²) in [5.41, 5.74) is 7.32. The second-order valence-electron chi connectivity index (χ2n) is 4.99. The number of carbonyl (C=O) groups excluding carboxylic acids is 1. The van der Waals surface area contributed by atoms with Gasteiger partial charge in [0.2, 0.25) is 5.91 Å². The zero-order chi connectivity index (χ0) is 15.2. The van der Waals surface area contributed by atoms with Crippen LogP contribution in [0.1, 0.15) is 11.5 Å². The Kier molecular flexibility index (Phi) is 4.90. The fraction of sp³-hybridized carbons (Fsp3) is 0.250. The van der Waals surface area contributed by atoms with E-state index in [4.69, 9.17) is 5.73 Å². The van der Waals surface area contributed by atoms with Gasteiger partial charge in [-0.3, -0.25) is 4.79 Å². The lowest BCUT2D eigenvalue weighted by Crippen LogP contribution is -2.27. The Balaban J connectivity index is 2.09. The molecule has 1 heterocycles. The minimum absolute atomic E-state index is 0.122. The monoisotopic (exact) mass is 284 g/mol. The van der Waals surface area contributed by atoms with Crippen molar-refractivity contribution >= 4 is 17.4 Å². The van der Waals surface area contributed by atoms with E-state index in [1.54, 1.807) is 6.20 Å². The molecule has 21 heavy (non-hydrogen) atoms. The minimum Gasteiger partial charge on any atom is -0.363 e. The molecule has 2 rings (SSSR count). The average molecular weight is 284 g/mol. The maximum absolute atomic E-state index is 12.3. The number of anilines is 2. The third kappa shape index (κ3) is 3.79. The number of nitrogens with zero attached hydrogens (tertiary/aromatic N) is 2. The second kappa shape index (κ2) is 6.85. The minimum atomic E-state index is -0.361. The van der Waals surface area contributed by atoms with E-state index in [1.165, 1.54) is 0 Å². The second-order valence-corrected chi connectivity index (χ2v) is 4.99. The van der Waals surface area contributed by atoms with Crippen molar-refractivity contribution in [3.8, 4) is 0 Å². The molecular formula is C16H20N4O. The van der Waals surface area contributed by atoms with Crippen molar-refractivity contribution in [1.82, 2.24) is 4.98 Å². The molecular weight excluding hydrogens is 264 g/mol. The van der Waals surface area contributed by atoms with E-state index in [1.807, 2.05) is 61.5 Å². The molecule has 0 bridgehead atoms. The molecule has 1 unspecified atom stereocenters. The van der Waals surface area contributed by atoms with Gasteiger partial charge in [-0.2, -0.15) is 0 Å². The number of rotatable bonds is 5. The zero-order valence-electron chi connectivity index (χ0n) is 12.3. The van der Waals surface area contributed by atoms with E-state index >= 15 is 0 Å². The number of nitrogens with one attached hydrogen (secondary N) is 1. The van der Waals surface area contributed by atoms with Crippen molar-refractivity contribution in [1.29, 1.82) is 0 Å². The summed E-state index contributed by atoms with van der Waals surface area (Å²) in [6, 6.07) is 13.2. The first-order valence-corrected chi connectivity index (χ1v) is 6.81. The molecule has 0 aliphatic heterocycles. The van der Waals surface area contributed by atoms with Gasteiger partial charge in [-0.05, 0) is 17.7 Å². The van der Waals surface area contributed by atoms with Crippen LogP contribution in [-0.4, -0.2) is 31.5 Å². The number of pyridine rings is 1. The summed E-state index contributed by atoms with van der Waals surface area (Å²) < 4.78 is 0. The molecule has 0 radical (unpaired) electrons. The highest BCUT2D eigenvalue weighted by Crippen LogP contribution is 2.18. The number of hydrogen-bond donors (Lipinski definition) is 2. The quantitative estimate of drug-likeness (QED) is 0.878. The molecule has 1 amide bonds. The molecule has 2 aromatic rings. The third-order valence-electron chi connectivity index (χ3n) is 3.23. The SMILES string of the molecule is CN(C)c1ccc(NC(=O)C(CN)c2ccccc2)cn1. The predicted molar refractivity (Wildman–Crippen MR) is 85.4 cm³/mol. The summed E-state index contributed by atoms with van der Waals surface area (Å²) in [5.74, 6) is 0.356. The van der Waals surface area contributed by atoms with Crippen molar-refractivity contribution in [3.63, 3.8) is 0 Å². The molecule has 0 aliphatic rings. The number of amides is 1. The summed E-state index contributed by atoms with van der Waals surface area (Å²) >= 11 is 0. The van der Waals surface area contributed by atoms with Gasteiger partial charge >= 0.3 is 0 Å². The van der Waals surface area contributed by atoms with Crippen LogP contribution in [0.25, 0.3) is 0 Å². The fourth-order valence-corrected chi connectivity index (χ4v) is 2.03. The van der Waals surface area contributed by atoms with Crippen molar-refractivity contribution in [2.75, 3.05) is 30.9 Å². The fourth-order valence-electron chi connectivity index (χ4n) is 2.03. The lowest BCUT2D eigenvalue weighted by molar-refractivity contribution is -0.117. The molecule has 1 aromatic heterocycles. The molecule has 0 aliphatic carbocycles. The number of carbonyl (C=O) groups is 1. The lowest BCUT2D eigenvalue weighted by Gasteiger charge is -2.16. The molecule has 0 saturated carbocycles. The Bertz CT molecular complexity index is 581. The molecule has 1 aromatic carbocycles. The number of benzene rings is 1. The molecule has 0 fully saturated rings. The average Bonchev–Trinajstić information content (AvgIpc) is 2.49. The van der Waals surface area contributed by atoms with Gasteiger partial charge < -0.3 is 16.0 Å². The molecule has 5 heteroatoms. The van der Waals surface area contributed by atoms with E-state index in [-0.39, 0.29) is 18.4 Å². The van der Waals surface area contributed by atoms with Gasteiger partial charge in [0, 0.05) is 20.6 Å². The molecule has 0 saturated heterocycles. The first-order valence-electron chi connectivity index (χ1n) is 6.81. The van der Waals surface area contributed by atoms with Crippen LogP contribution in [-0.2, 0) is 4.79 Å². The molecule has 3 N–H and O–H groups in total. The van der Waals surface area contributed by atoms with E-state index in [2.05, 4.69) is 10.3 Å². The van der Waals surface area contributed by atoms with Gasteiger partial charge in [-0.1, -0.05) is 30.3 Å². The summed E-state index contributed by atoms with van der Waals surface area (Å²) in [5, 5.41) is 2.86. The summed E-state index contributed by atoms with van der Waals surface area (Å²) in [4.78, 5) is 18.5. The number of hydrogen-bond acceptors (Lipinski definition) is 4. The Labute approximate surface area is 124 Å². The maximum Gasteiger partial charge on any atom is 0.233 e. The lowest BCUT2D eigenvalue weighted by atomic mass is 9.98. The highest BCUT2D eigenvalue weighted by molar-refractivity contribution is 5.96. The number of aromatic nitrogens is 1. The highest BCUT2D eigenvalue weighted by Gasteiger charge is 2.18. The number of nitrogens with two attached hydrogens (primary N) is 1. The summed E-state index contributed by atoms with van der Waals surface area (Å²) in [7, 11) is 3.83. The maximum atomic E-state index is 12.3. The van der Waals surface area contributed by atoms with Gasteiger partial charge in [0.1, 0.15) is 5.82 Å². The molecule has 5 nitrogen and oxygen atoms in total. The normalized spacial score (nSPS) is 11.8. The smallest absolute Gasteiger partial charge is 0.233 e. The standard InChI is InChI=1S/C16H20N4O/c1-20(2)15-9-8-13(11-18-15)19-16(21)14(10-17)12-6-4-3-5-7-12/h3-9,11,14H,10,17H2,1-2H3,(H,19,21). The van der Waals surface area contributed by atoms with E-state index in [9.17, 15) is 4.79 Å². The highest BCUT2D eigenvalue weighted by atomic mass is 16.1. The molecule has 110 valence electrons. The Morgan fingerprint density at radius 1 is 1.24 bits per heavy atom. The first kappa shape index (κ1) is 15.0. The van der Waals surface area contributed by atoms with Crippen molar-refractivity contribution in [2.24, 2.45) is 5.73 Å². The van der Waals surface area contributed by atoms with E-state index in [0.29, 0.717) is 5.69 Å².